The normalized spacial score (nSPS) is 16.7. The van der Waals surface area contributed by atoms with Gasteiger partial charge in [0.15, 0.2) is 5.11 Å². The fourth-order valence-corrected chi connectivity index (χ4v) is 2.79. The van der Waals surface area contributed by atoms with Crippen LogP contribution in [-0.4, -0.2) is 24.3 Å². The average molecular weight is 360 g/mol. The van der Waals surface area contributed by atoms with Gasteiger partial charge in [-0.1, -0.05) is 38.1 Å². The van der Waals surface area contributed by atoms with Crippen LogP contribution in [0.2, 0.25) is 0 Å². The molecule has 134 valence electrons. The summed E-state index contributed by atoms with van der Waals surface area (Å²) in [6.07, 6.45) is 3.65. The van der Waals surface area contributed by atoms with Crippen molar-refractivity contribution in [2.24, 2.45) is 0 Å². The Labute approximate surface area is 154 Å². The summed E-state index contributed by atoms with van der Waals surface area (Å²) in [7, 11) is 0. The van der Waals surface area contributed by atoms with Crippen molar-refractivity contribution in [3.8, 4) is 5.75 Å². The highest BCUT2D eigenvalue weighted by molar-refractivity contribution is 7.80. The number of hydrogen-bond donors (Lipinski definition) is 2. The number of thiocarbonyl (C=S) groups is 1. The number of carbonyl (C=O) groups excluding carboxylic acids is 1. The summed E-state index contributed by atoms with van der Waals surface area (Å²) in [5.74, 6) is 0.415. The summed E-state index contributed by atoms with van der Waals surface area (Å²) in [6.45, 7) is 8.37. The van der Waals surface area contributed by atoms with E-state index in [9.17, 15) is 4.79 Å². The van der Waals surface area contributed by atoms with Gasteiger partial charge in [-0.05, 0) is 43.3 Å². The number of esters is 1. The lowest BCUT2D eigenvalue weighted by molar-refractivity contribution is -0.138. The minimum atomic E-state index is -0.395. The number of nitrogens with one attached hydrogen (secondary N) is 2. The molecule has 0 aromatic heterocycles. The highest BCUT2D eigenvalue weighted by Crippen LogP contribution is 2.29. The Morgan fingerprint density at radius 3 is 2.72 bits per heavy atom. The second kappa shape index (κ2) is 9.22. The molecular formula is C19H24N2O3S. The van der Waals surface area contributed by atoms with E-state index >= 15 is 0 Å². The molecule has 0 fully saturated rings. The second-order valence-corrected chi connectivity index (χ2v) is 6.14. The summed E-state index contributed by atoms with van der Waals surface area (Å²) in [5, 5.41) is 6.60. The van der Waals surface area contributed by atoms with Crippen molar-refractivity contribution in [3.63, 3.8) is 0 Å². The van der Waals surface area contributed by atoms with Gasteiger partial charge < -0.3 is 20.1 Å². The van der Waals surface area contributed by atoms with Crippen LogP contribution < -0.4 is 15.4 Å². The van der Waals surface area contributed by atoms with Crippen LogP contribution in [0.5, 0.6) is 5.75 Å². The maximum Gasteiger partial charge on any atom is 0.338 e. The largest absolute Gasteiger partial charge is 0.494 e. The van der Waals surface area contributed by atoms with Crippen LogP contribution in [0.25, 0.3) is 0 Å². The van der Waals surface area contributed by atoms with Crippen LogP contribution in [0.15, 0.2) is 48.2 Å². The van der Waals surface area contributed by atoms with Crippen molar-refractivity contribution in [2.75, 3.05) is 13.2 Å². The predicted molar refractivity (Wildman–Crippen MR) is 102 cm³/mol. The number of benzene rings is 1. The van der Waals surface area contributed by atoms with Crippen molar-refractivity contribution in [2.45, 2.75) is 32.7 Å². The number of rotatable bonds is 8. The van der Waals surface area contributed by atoms with Gasteiger partial charge in [0.25, 0.3) is 0 Å². The Morgan fingerprint density at radius 1 is 1.36 bits per heavy atom. The Hall–Kier alpha value is -2.34. The zero-order valence-electron chi connectivity index (χ0n) is 14.6. The Kier molecular flexibility index (Phi) is 7.01. The van der Waals surface area contributed by atoms with Crippen molar-refractivity contribution >= 4 is 23.3 Å². The molecule has 2 rings (SSSR count). The Bertz CT molecular complexity index is 668. The molecule has 1 aliphatic heterocycles. The molecule has 0 amide bonds. The lowest BCUT2D eigenvalue weighted by Crippen LogP contribution is -2.45. The third-order valence-corrected chi connectivity index (χ3v) is 4.02. The maximum atomic E-state index is 12.4. The van der Waals surface area contributed by atoms with Gasteiger partial charge in [0, 0.05) is 5.70 Å². The molecule has 0 saturated heterocycles. The molecule has 0 unspecified atom stereocenters. The molecule has 2 N–H and O–H groups in total. The van der Waals surface area contributed by atoms with Crippen LogP contribution in [-0.2, 0) is 9.53 Å². The highest BCUT2D eigenvalue weighted by atomic mass is 32.1. The quantitative estimate of drug-likeness (QED) is 0.321. The molecule has 0 aliphatic carbocycles. The van der Waals surface area contributed by atoms with Crippen LogP contribution in [0.4, 0.5) is 0 Å². The zero-order valence-corrected chi connectivity index (χ0v) is 15.4. The van der Waals surface area contributed by atoms with E-state index in [1.807, 2.05) is 31.2 Å². The number of allylic oxidation sites excluding steroid dienone is 1. The smallest absolute Gasteiger partial charge is 0.338 e. The SMILES string of the molecule is C=CCOC(=O)C1=C(C)NC(=S)N[C@H]1c1ccc(OCCCC)cc1. The van der Waals surface area contributed by atoms with Crippen LogP contribution >= 0.6 is 12.2 Å². The van der Waals surface area contributed by atoms with Crippen molar-refractivity contribution in [1.82, 2.24) is 10.6 Å². The van der Waals surface area contributed by atoms with E-state index in [1.165, 1.54) is 0 Å². The molecule has 0 spiro atoms. The Balaban J connectivity index is 2.21. The van der Waals surface area contributed by atoms with Crippen molar-refractivity contribution < 1.29 is 14.3 Å². The molecule has 1 heterocycles. The van der Waals surface area contributed by atoms with Gasteiger partial charge in [-0.25, -0.2) is 4.79 Å². The van der Waals surface area contributed by atoms with Crippen LogP contribution in [0.3, 0.4) is 0 Å². The zero-order chi connectivity index (χ0) is 18.2. The third-order valence-electron chi connectivity index (χ3n) is 3.80. The first-order chi connectivity index (χ1) is 12.1. The Morgan fingerprint density at radius 2 is 2.08 bits per heavy atom. The monoisotopic (exact) mass is 360 g/mol. The summed E-state index contributed by atoms with van der Waals surface area (Å²) in [5.41, 5.74) is 2.11. The maximum absolute atomic E-state index is 12.4. The van der Waals surface area contributed by atoms with E-state index in [4.69, 9.17) is 21.7 Å². The van der Waals surface area contributed by atoms with E-state index in [1.54, 1.807) is 6.08 Å². The molecule has 0 saturated carbocycles. The topological polar surface area (TPSA) is 59.6 Å². The summed E-state index contributed by atoms with van der Waals surface area (Å²) in [4.78, 5) is 12.4. The molecule has 1 aliphatic rings. The first-order valence-electron chi connectivity index (χ1n) is 8.35. The van der Waals surface area contributed by atoms with Gasteiger partial charge in [0.05, 0.1) is 18.2 Å². The predicted octanol–water partition coefficient (Wildman–Crippen LogP) is 3.39. The standard InChI is InChI=1S/C19H24N2O3S/c1-4-6-12-23-15-9-7-14(8-10-15)17-16(18(22)24-11-5-2)13(3)20-19(25)21-17/h5,7-10,17H,2,4,6,11-12H2,1,3H3,(H2,20,21,25)/t17-/m0/s1. The van der Waals surface area contributed by atoms with E-state index in [0.29, 0.717) is 23.0 Å². The van der Waals surface area contributed by atoms with Gasteiger partial charge in [0.2, 0.25) is 0 Å². The lowest BCUT2D eigenvalue weighted by Gasteiger charge is -2.29. The van der Waals surface area contributed by atoms with Gasteiger partial charge in [-0.3, -0.25) is 0 Å². The molecule has 0 bridgehead atoms. The third kappa shape index (κ3) is 5.06. The number of ether oxygens (including phenoxy) is 2. The molecular weight excluding hydrogens is 336 g/mol. The summed E-state index contributed by atoms with van der Waals surface area (Å²) in [6, 6.07) is 7.30. The van der Waals surface area contributed by atoms with E-state index in [2.05, 4.69) is 24.1 Å². The molecule has 1 aromatic rings. The van der Waals surface area contributed by atoms with E-state index in [-0.39, 0.29) is 12.6 Å². The number of carbonyl (C=O) groups is 1. The molecule has 0 radical (unpaired) electrons. The van der Waals surface area contributed by atoms with E-state index < -0.39 is 5.97 Å². The van der Waals surface area contributed by atoms with E-state index in [0.717, 1.165) is 24.2 Å². The minimum Gasteiger partial charge on any atom is -0.494 e. The first kappa shape index (κ1) is 19.0. The summed E-state index contributed by atoms with van der Waals surface area (Å²) < 4.78 is 10.9. The number of hydrogen-bond acceptors (Lipinski definition) is 4. The minimum absolute atomic E-state index is 0.164. The van der Waals surface area contributed by atoms with Crippen LogP contribution in [0.1, 0.15) is 38.3 Å². The average Bonchev–Trinajstić information content (AvgIpc) is 2.60. The van der Waals surface area contributed by atoms with Crippen molar-refractivity contribution in [3.05, 3.63) is 53.8 Å². The molecule has 6 heteroatoms. The highest BCUT2D eigenvalue weighted by Gasteiger charge is 2.30. The first-order valence-corrected chi connectivity index (χ1v) is 8.76. The second-order valence-electron chi connectivity index (χ2n) is 5.73. The van der Waals surface area contributed by atoms with Gasteiger partial charge in [-0.15, -0.1) is 0 Å². The summed E-state index contributed by atoms with van der Waals surface area (Å²) >= 11 is 5.23. The van der Waals surface area contributed by atoms with Gasteiger partial charge >= 0.3 is 5.97 Å². The van der Waals surface area contributed by atoms with Crippen molar-refractivity contribution in [1.29, 1.82) is 0 Å². The fraction of sp³-hybridized carbons (Fsp3) is 0.368. The number of unbranched alkanes of at least 4 members (excludes halogenated alkanes) is 1. The molecule has 1 atom stereocenters. The fourth-order valence-electron chi connectivity index (χ4n) is 2.52. The van der Waals surface area contributed by atoms with Gasteiger partial charge in [0.1, 0.15) is 12.4 Å². The molecule has 25 heavy (non-hydrogen) atoms. The lowest BCUT2D eigenvalue weighted by atomic mass is 9.95. The van der Waals surface area contributed by atoms with Gasteiger partial charge in [-0.2, -0.15) is 0 Å². The molecule has 1 aromatic carbocycles. The molecule has 5 nitrogen and oxygen atoms in total. The van der Waals surface area contributed by atoms with Crippen LogP contribution in [0, 0.1) is 0 Å².